The number of hydrogen-bond acceptors (Lipinski definition) is 3. The maximum atomic E-state index is 11.8. The van der Waals surface area contributed by atoms with Crippen molar-refractivity contribution in [3.05, 3.63) is 47.8 Å². The topological polar surface area (TPSA) is 72.9 Å². The average Bonchev–Trinajstić information content (AvgIpc) is 2.88. The zero-order valence-electron chi connectivity index (χ0n) is 12.4. The molecule has 2 aromatic rings. The molecular weight excluding hydrogens is 264 g/mol. The van der Waals surface area contributed by atoms with Gasteiger partial charge in [0.05, 0.1) is 6.20 Å². The largest absolute Gasteiger partial charge is 0.399 e. The van der Waals surface area contributed by atoms with Crippen molar-refractivity contribution in [3.8, 4) is 0 Å². The van der Waals surface area contributed by atoms with Gasteiger partial charge >= 0.3 is 0 Å². The van der Waals surface area contributed by atoms with Crippen LogP contribution in [0.4, 0.5) is 5.69 Å². The SMILES string of the molecule is Cn1cc(CCCNC(=O)CCc2ccccc2N)cn1. The molecule has 1 aromatic carbocycles. The Morgan fingerprint density at radius 3 is 2.86 bits per heavy atom. The van der Waals surface area contributed by atoms with Gasteiger partial charge in [-0.1, -0.05) is 18.2 Å². The lowest BCUT2D eigenvalue weighted by Gasteiger charge is -2.06. The number of rotatable bonds is 7. The van der Waals surface area contributed by atoms with Gasteiger partial charge in [-0.2, -0.15) is 5.10 Å². The number of amides is 1. The number of aromatic nitrogens is 2. The first kappa shape index (κ1) is 15.1. The van der Waals surface area contributed by atoms with Gasteiger partial charge in [0.25, 0.3) is 0 Å². The first-order valence-corrected chi connectivity index (χ1v) is 7.23. The highest BCUT2D eigenvalue weighted by molar-refractivity contribution is 5.76. The van der Waals surface area contributed by atoms with Crippen molar-refractivity contribution in [2.75, 3.05) is 12.3 Å². The number of aryl methyl sites for hydroxylation is 3. The molecule has 0 aliphatic carbocycles. The van der Waals surface area contributed by atoms with E-state index in [-0.39, 0.29) is 5.91 Å². The van der Waals surface area contributed by atoms with Gasteiger partial charge in [0.15, 0.2) is 0 Å². The second-order valence-corrected chi connectivity index (χ2v) is 5.17. The number of carbonyl (C=O) groups excluding carboxylic acids is 1. The molecule has 0 aliphatic rings. The van der Waals surface area contributed by atoms with E-state index in [4.69, 9.17) is 5.73 Å². The van der Waals surface area contributed by atoms with Crippen LogP contribution < -0.4 is 11.1 Å². The summed E-state index contributed by atoms with van der Waals surface area (Å²) in [5, 5.41) is 7.06. The van der Waals surface area contributed by atoms with Gasteiger partial charge in [-0.25, -0.2) is 0 Å². The zero-order valence-corrected chi connectivity index (χ0v) is 12.4. The number of carbonyl (C=O) groups is 1. The summed E-state index contributed by atoms with van der Waals surface area (Å²) in [5.41, 5.74) is 8.84. The molecule has 0 unspecified atom stereocenters. The van der Waals surface area contributed by atoms with E-state index in [1.807, 2.05) is 43.7 Å². The van der Waals surface area contributed by atoms with Crippen LogP contribution in [0.5, 0.6) is 0 Å². The Kier molecular flexibility index (Phi) is 5.37. The summed E-state index contributed by atoms with van der Waals surface area (Å²) >= 11 is 0. The van der Waals surface area contributed by atoms with Gasteiger partial charge in [-0.3, -0.25) is 9.48 Å². The maximum Gasteiger partial charge on any atom is 0.220 e. The van der Waals surface area contributed by atoms with Gasteiger partial charge in [0.1, 0.15) is 0 Å². The lowest BCUT2D eigenvalue weighted by molar-refractivity contribution is -0.121. The number of nitrogens with zero attached hydrogens (tertiary/aromatic N) is 2. The third-order valence-electron chi connectivity index (χ3n) is 3.40. The average molecular weight is 286 g/mol. The molecule has 5 nitrogen and oxygen atoms in total. The van der Waals surface area contributed by atoms with E-state index in [1.165, 1.54) is 5.56 Å². The molecule has 21 heavy (non-hydrogen) atoms. The van der Waals surface area contributed by atoms with Crippen LogP contribution in [-0.4, -0.2) is 22.2 Å². The first-order chi connectivity index (χ1) is 10.1. The second-order valence-electron chi connectivity index (χ2n) is 5.17. The Morgan fingerprint density at radius 1 is 1.33 bits per heavy atom. The molecule has 0 aliphatic heterocycles. The lowest BCUT2D eigenvalue weighted by atomic mass is 10.1. The van der Waals surface area contributed by atoms with Gasteiger partial charge in [-0.05, 0) is 36.5 Å². The van der Waals surface area contributed by atoms with E-state index in [1.54, 1.807) is 4.68 Å². The fraction of sp³-hybridized carbons (Fsp3) is 0.375. The Labute approximate surface area is 125 Å². The van der Waals surface area contributed by atoms with Crippen molar-refractivity contribution in [2.45, 2.75) is 25.7 Å². The summed E-state index contributed by atoms with van der Waals surface area (Å²) in [6.45, 7) is 0.692. The fourth-order valence-electron chi connectivity index (χ4n) is 2.22. The van der Waals surface area contributed by atoms with Crippen LogP contribution in [0.25, 0.3) is 0 Å². The summed E-state index contributed by atoms with van der Waals surface area (Å²) in [6.07, 6.45) is 6.87. The van der Waals surface area contributed by atoms with Crippen molar-refractivity contribution in [1.29, 1.82) is 0 Å². The fourth-order valence-corrected chi connectivity index (χ4v) is 2.22. The smallest absolute Gasteiger partial charge is 0.220 e. The molecule has 112 valence electrons. The van der Waals surface area contributed by atoms with Crippen molar-refractivity contribution >= 4 is 11.6 Å². The van der Waals surface area contributed by atoms with E-state index in [0.717, 1.165) is 24.1 Å². The number of anilines is 1. The summed E-state index contributed by atoms with van der Waals surface area (Å²) < 4.78 is 1.79. The highest BCUT2D eigenvalue weighted by Crippen LogP contribution is 2.12. The Bertz CT molecular complexity index is 591. The molecule has 0 spiro atoms. The molecule has 1 aromatic heterocycles. The third-order valence-corrected chi connectivity index (χ3v) is 3.40. The Morgan fingerprint density at radius 2 is 2.14 bits per heavy atom. The molecule has 0 fully saturated rings. The third kappa shape index (κ3) is 4.95. The molecule has 2 rings (SSSR count). The summed E-state index contributed by atoms with van der Waals surface area (Å²) in [7, 11) is 1.90. The number of nitrogen functional groups attached to an aromatic ring is 1. The Balaban J connectivity index is 1.63. The van der Waals surface area contributed by atoms with Crippen molar-refractivity contribution in [3.63, 3.8) is 0 Å². The summed E-state index contributed by atoms with van der Waals surface area (Å²) in [5.74, 6) is 0.0736. The number of para-hydroxylation sites is 1. The summed E-state index contributed by atoms with van der Waals surface area (Å²) in [4.78, 5) is 11.8. The van der Waals surface area contributed by atoms with Crippen molar-refractivity contribution in [1.82, 2.24) is 15.1 Å². The lowest BCUT2D eigenvalue weighted by Crippen LogP contribution is -2.25. The molecule has 0 radical (unpaired) electrons. The first-order valence-electron chi connectivity index (χ1n) is 7.23. The summed E-state index contributed by atoms with van der Waals surface area (Å²) in [6, 6.07) is 7.67. The van der Waals surface area contributed by atoms with Gasteiger partial charge in [0.2, 0.25) is 5.91 Å². The maximum absolute atomic E-state index is 11.8. The molecule has 0 saturated carbocycles. The molecule has 5 heteroatoms. The Hall–Kier alpha value is -2.30. The molecule has 0 atom stereocenters. The zero-order chi connectivity index (χ0) is 15.1. The predicted octanol–water partition coefficient (Wildman–Crippen LogP) is 1.68. The van der Waals surface area contributed by atoms with Crippen LogP contribution in [0.2, 0.25) is 0 Å². The minimum Gasteiger partial charge on any atom is -0.399 e. The van der Waals surface area contributed by atoms with E-state index in [9.17, 15) is 4.79 Å². The van der Waals surface area contributed by atoms with Gasteiger partial charge in [-0.15, -0.1) is 0 Å². The van der Waals surface area contributed by atoms with Gasteiger partial charge in [0, 0.05) is 31.9 Å². The van der Waals surface area contributed by atoms with Crippen LogP contribution in [0, 0.1) is 0 Å². The number of benzene rings is 1. The number of hydrogen-bond donors (Lipinski definition) is 2. The monoisotopic (exact) mass is 286 g/mol. The normalized spacial score (nSPS) is 10.5. The molecule has 1 heterocycles. The van der Waals surface area contributed by atoms with Crippen LogP contribution >= 0.6 is 0 Å². The van der Waals surface area contributed by atoms with Crippen molar-refractivity contribution in [2.24, 2.45) is 7.05 Å². The van der Waals surface area contributed by atoms with E-state index < -0.39 is 0 Å². The van der Waals surface area contributed by atoms with Crippen LogP contribution in [0.3, 0.4) is 0 Å². The van der Waals surface area contributed by atoms with Crippen LogP contribution in [0.15, 0.2) is 36.7 Å². The highest BCUT2D eigenvalue weighted by Gasteiger charge is 2.04. The second kappa shape index (κ2) is 7.47. The molecule has 1 amide bonds. The van der Waals surface area contributed by atoms with E-state index in [2.05, 4.69) is 10.4 Å². The van der Waals surface area contributed by atoms with Crippen molar-refractivity contribution < 1.29 is 4.79 Å². The quantitative estimate of drug-likeness (QED) is 0.601. The molecule has 0 bridgehead atoms. The molecule has 3 N–H and O–H groups in total. The standard InChI is InChI=1S/C16H22N4O/c1-20-12-13(11-19-20)5-4-10-18-16(21)9-8-14-6-2-3-7-15(14)17/h2-3,6-7,11-12H,4-5,8-10,17H2,1H3,(H,18,21). The molecular formula is C16H22N4O. The predicted molar refractivity (Wildman–Crippen MR) is 83.7 cm³/mol. The van der Waals surface area contributed by atoms with Crippen LogP contribution in [0.1, 0.15) is 24.0 Å². The van der Waals surface area contributed by atoms with E-state index in [0.29, 0.717) is 19.4 Å². The van der Waals surface area contributed by atoms with E-state index >= 15 is 0 Å². The molecule has 0 saturated heterocycles. The minimum absolute atomic E-state index is 0.0736. The number of nitrogens with one attached hydrogen (secondary N) is 1. The van der Waals surface area contributed by atoms with Gasteiger partial charge < -0.3 is 11.1 Å². The minimum atomic E-state index is 0.0736. The van der Waals surface area contributed by atoms with Crippen LogP contribution in [-0.2, 0) is 24.7 Å². The number of nitrogens with two attached hydrogens (primary N) is 1. The highest BCUT2D eigenvalue weighted by atomic mass is 16.1.